The van der Waals surface area contributed by atoms with Crippen molar-refractivity contribution in [2.24, 2.45) is 4.99 Å². The van der Waals surface area contributed by atoms with Gasteiger partial charge >= 0.3 is 0 Å². The summed E-state index contributed by atoms with van der Waals surface area (Å²) in [5.74, 6) is 1.49. The van der Waals surface area contributed by atoms with Gasteiger partial charge in [0.05, 0.1) is 18.0 Å². The number of nitrogens with zero attached hydrogens (tertiary/aromatic N) is 4. The van der Waals surface area contributed by atoms with Crippen LogP contribution in [-0.2, 0) is 22.6 Å². The lowest BCUT2D eigenvalue weighted by atomic mass is 9.88. The molecule has 0 spiro atoms. The van der Waals surface area contributed by atoms with Crippen LogP contribution in [0.25, 0.3) is 5.70 Å². The Morgan fingerprint density at radius 1 is 1.29 bits per heavy atom. The molecule has 3 heterocycles. The number of fused-ring (bicyclic) bond motifs is 3. The van der Waals surface area contributed by atoms with Crippen LogP contribution in [-0.4, -0.2) is 46.4 Å². The fourth-order valence-electron chi connectivity index (χ4n) is 4.28. The van der Waals surface area contributed by atoms with Crippen molar-refractivity contribution in [3.05, 3.63) is 58.7 Å². The second-order valence-corrected chi connectivity index (χ2v) is 7.86. The number of amides is 1. The number of ether oxygens (including phenoxy) is 1. The summed E-state index contributed by atoms with van der Waals surface area (Å²) in [5.41, 5.74) is 7.14. The lowest BCUT2D eigenvalue weighted by Gasteiger charge is -2.32. The molecule has 1 aliphatic carbocycles. The van der Waals surface area contributed by atoms with Crippen molar-refractivity contribution in [1.29, 1.82) is 0 Å². The highest BCUT2D eigenvalue weighted by Crippen LogP contribution is 2.45. The van der Waals surface area contributed by atoms with Gasteiger partial charge in [-0.25, -0.2) is 4.98 Å². The van der Waals surface area contributed by atoms with Crippen LogP contribution < -0.4 is 0 Å². The van der Waals surface area contributed by atoms with Gasteiger partial charge in [0.2, 0.25) is 5.91 Å². The molecule has 0 radical (unpaired) electrons. The minimum atomic E-state index is 0.0543. The Bertz CT molecular complexity index is 1010. The zero-order valence-corrected chi connectivity index (χ0v) is 16.3. The van der Waals surface area contributed by atoms with E-state index in [2.05, 4.69) is 29.0 Å². The lowest BCUT2D eigenvalue weighted by Crippen LogP contribution is -2.36. The molecule has 6 heteroatoms. The number of carbonyl (C=O) groups is 1. The Morgan fingerprint density at radius 3 is 2.93 bits per heavy atom. The molecule has 1 amide bonds. The van der Waals surface area contributed by atoms with Crippen molar-refractivity contribution in [3.8, 4) is 0 Å². The van der Waals surface area contributed by atoms with E-state index >= 15 is 0 Å². The zero-order chi connectivity index (χ0) is 19.3. The summed E-state index contributed by atoms with van der Waals surface area (Å²) in [5, 5.41) is 0. The van der Waals surface area contributed by atoms with Crippen LogP contribution >= 0.6 is 0 Å². The van der Waals surface area contributed by atoms with Crippen LogP contribution in [0.5, 0.6) is 0 Å². The molecule has 0 bridgehead atoms. The van der Waals surface area contributed by atoms with Gasteiger partial charge in [0.25, 0.3) is 0 Å². The molecular weight excluding hydrogens is 352 g/mol. The quantitative estimate of drug-likeness (QED) is 0.828. The average Bonchev–Trinajstić information content (AvgIpc) is 3.45. The molecule has 2 aliphatic heterocycles. The van der Waals surface area contributed by atoms with Gasteiger partial charge < -0.3 is 9.64 Å². The van der Waals surface area contributed by atoms with Gasteiger partial charge in [0.1, 0.15) is 18.7 Å². The van der Waals surface area contributed by atoms with Gasteiger partial charge in [-0.2, -0.15) is 0 Å². The van der Waals surface area contributed by atoms with E-state index in [0.717, 1.165) is 30.2 Å². The molecular formula is C22H24N4O2. The molecule has 1 fully saturated rings. The summed E-state index contributed by atoms with van der Waals surface area (Å²) in [4.78, 5) is 23.6. The standard InChI is InChI=1S/C22H24N4O2/c1-14-7-18(15-3-4-15)17-5-6-26-20(19(17)8-14)9-21(23-10-22(26)27)25-11-16(12-28-2)24-13-25/h7-9,11,13,15H,3-6,10,12H2,1-2H3. The number of aliphatic imine (C=N–C) groups is 1. The summed E-state index contributed by atoms with van der Waals surface area (Å²) in [6.07, 6.45) is 9.17. The third-order valence-corrected chi connectivity index (χ3v) is 5.73. The van der Waals surface area contributed by atoms with Crippen LogP contribution in [0.15, 0.2) is 35.7 Å². The number of aromatic nitrogens is 2. The number of imidazole rings is 1. The van der Waals surface area contributed by atoms with E-state index in [1.165, 1.54) is 35.1 Å². The number of methoxy groups -OCH3 is 1. The maximum absolute atomic E-state index is 12.8. The van der Waals surface area contributed by atoms with E-state index < -0.39 is 0 Å². The van der Waals surface area contributed by atoms with Crippen molar-refractivity contribution in [3.63, 3.8) is 0 Å². The van der Waals surface area contributed by atoms with E-state index in [4.69, 9.17) is 4.74 Å². The second-order valence-electron chi connectivity index (χ2n) is 7.86. The van der Waals surface area contributed by atoms with Gasteiger partial charge in [-0.15, -0.1) is 0 Å². The molecule has 1 aromatic carbocycles. The number of allylic oxidation sites excluding steroid dienone is 1. The van der Waals surface area contributed by atoms with Crippen molar-refractivity contribution in [2.45, 2.75) is 38.7 Å². The average molecular weight is 376 g/mol. The molecule has 5 rings (SSSR count). The smallest absolute Gasteiger partial charge is 0.248 e. The monoisotopic (exact) mass is 376 g/mol. The molecule has 0 unspecified atom stereocenters. The Balaban J connectivity index is 1.61. The van der Waals surface area contributed by atoms with Crippen molar-refractivity contribution in [2.75, 3.05) is 20.2 Å². The first-order valence-electron chi connectivity index (χ1n) is 9.86. The van der Waals surface area contributed by atoms with E-state index in [1.54, 1.807) is 13.4 Å². The third kappa shape index (κ3) is 2.98. The number of benzene rings is 1. The fraction of sp³-hybridized carbons (Fsp3) is 0.409. The lowest BCUT2D eigenvalue weighted by molar-refractivity contribution is -0.126. The molecule has 144 valence electrons. The maximum atomic E-state index is 12.8. The van der Waals surface area contributed by atoms with E-state index in [0.29, 0.717) is 12.5 Å². The Morgan fingerprint density at radius 2 is 2.14 bits per heavy atom. The summed E-state index contributed by atoms with van der Waals surface area (Å²) in [6, 6.07) is 4.56. The van der Waals surface area contributed by atoms with Crippen LogP contribution in [0, 0.1) is 6.92 Å². The minimum absolute atomic E-state index is 0.0543. The first kappa shape index (κ1) is 17.4. The number of rotatable bonds is 3. The number of aryl methyl sites for hydroxylation is 1. The van der Waals surface area contributed by atoms with Gasteiger partial charge in [0, 0.05) is 31.5 Å². The minimum Gasteiger partial charge on any atom is -0.378 e. The topological polar surface area (TPSA) is 59.7 Å². The summed E-state index contributed by atoms with van der Waals surface area (Å²) >= 11 is 0. The Labute approximate surface area is 164 Å². The van der Waals surface area contributed by atoms with Gasteiger partial charge in [-0.05, 0) is 49.3 Å². The molecule has 0 N–H and O–H groups in total. The van der Waals surface area contributed by atoms with Crippen LogP contribution in [0.3, 0.4) is 0 Å². The van der Waals surface area contributed by atoms with Gasteiger partial charge in [0.15, 0.2) is 0 Å². The fourth-order valence-corrected chi connectivity index (χ4v) is 4.28. The third-order valence-electron chi connectivity index (χ3n) is 5.73. The number of carbonyl (C=O) groups excluding carboxylic acids is 1. The summed E-state index contributed by atoms with van der Waals surface area (Å²) in [6.45, 7) is 3.48. The van der Waals surface area contributed by atoms with Gasteiger partial charge in [-0.1, -0.05) is 11.6 Å². The van der Waals surface area contributed by atoms with E-state index in [-0.39, 0.29) is 12.5 Å². The van der Waals surface area contributed by atoms with E-state index in [9.17, 15) is 4.79 Å². The second kappa shape index (κ2) is 6.71. The molecule has 1 aromatic heterocycles. The highest BCUT2D eigenvalue weighted by atomic mass is 16.5. The SMILES string of the molecule is COCc1cn(C2=NCC(=O)N3CCc4c(cc(C)cc4C4CC4)C3=C2)cn1. The number of hydrogen-bond acceptors (Lipinski definition) is 4. The number of hydrogen-bond donors (Lipinski definition) is 0. The predicted octanol–water partition coefficient (Wildman–Crippen LogP) is 2.90. The van der Waals surface area contributed by atoms with E-state index in [1.807, 2.05) is 21.7 Å². The molecule has 2 aromatic rings. The zero-order valence-electron chi connectivity index (χ0n) is 16.3. The molecule has 6 nitrogen and oxygen atoms in total. The van der Waals surface area contributed by atoms with Crippen molar-refractivity contribution < 1.29 is 9.53 Å². The van der Waals surface area contributed by atoms with Crippen LogP contribution in [0.4, 0.5) is 0 Å². The van der Waals surface area contributed by atoms with Crippen molar-refractivity contribution >= 4 is 17.4 Å². The van der Waals surface area contributed by atoms with Crippen LogP contribution in [0.1, 0.15) is 46.7 Å². The van der Waals surface area contributed by atoms with Crippen LogP contribution in [0.2, 0.25) is 0 Å². The first-order valence-corrected chi connectivity index (χ1v) is 9.86. The predicted molar refractivity (Wildman–Crippen MR) is 107 cm³/mol. The van der Waals surface area contributed by atoms with Crippen molar-refractivity contribution in [1.82, 2.24) is 14.5 Å². The van der Waals surface area contributed by atoms with Gasteiger partial charge in [-0.3, -0.25) is 14.4 Å². The normalized spacial score (nSPS) is 18.9. The molecule has 3 aliphatic rings. The molecule has 0 atom stereocenters. The highest BCUT2D eigenvalue weighted by Gasteiger charge is 2.33. The maximum Gasteiger partial charge on any atom is 0.248 e. The largest absolute Gasteiger partial charge is 0.378 e. The highest BCUT2D eigenvalue weighted by molar-refractivity contribution is 6.06. The molecule has 1 saturated carbocycles. The first-order chi connectivity index (χ1) is 13.6. The molecule has 28 heavy (non-hydrogen) atoms. The molecule has 0 saturated heterocycles. The summed E-state index contributed by atoms with van der Waals surface area (Å²) < 4.78 is 7.04. The Kier molecular flexibility index (Phi) is 4.16. The Hall–Kier alpha value is -2.73. The summed E-state index contributed by atoms with van der Waals surface area (Å²) in [7, 11) is 1.65.